The average molecular weight is 140 g/mol. The number of hydrogen-bond donors (Lipinski definition) is 1. The van der Waals surface area contributed by atoms with Crippen molar-refractivity contribution in [2.24, 2.45) is 5.92 Å². The summed E-state index contributed by atoms with van der Waals surface area (Å²) >= 11 is 0. The van der Waals surface area contributed by atoms with Gasteiger partial charge in [-0.25, -0.2) is 4.79 Å². The first-order valence-corrected chi connectivity index (χ1v) is 3.33. The molecule has 0 aliphatic heterocycles. The van der Waals surface area contributed by atoms with E-state index in [1.165, 1.54) is 0 Å². The van der Waals surface area contributed by atoms with E-state index in [0.29, 0.717) is 17.7 Å². The third-order valence-electron chi connectivity index (χ3n) is 1.92. The Morgan fingerprint density at radius 2 is 2.50 bits per heavy atom. The standard InChI is InChI=1S/C6H8N2O2/c1-3-2-4(3)5-7-6(9)10-8-5/h3-4H,2H2,1H3,(H,7,8,9)/t3?,4-/m1/s1. The molecular formula is C6H8N2O2. The van der Waals surface area contributed by atoms with Gasteiger partial charge in [0.2, 0.25) is 0 Å². The van der Waals surface area contributed by atoms with Crippen molar-refractivity contribution in [3.63, 3.8) is 0 Å². The first kappa shape index (κ1) is 5.70. The highest BCUT2D eigenvalue weighted by Gasteiger charge is 2.37. The molecule has 2 rings (SSSR count). The lowest BCUT2D eigenvalue weighted by atomic mass is 10.3. The van der Waals surface area contributed by atoms with Gasteiger partial charge in [0.1, 0.15) is 0 Å². The summed E-state index contributed by atoms with van der Waals surface area (Å²) in [6.07, 6.45) is 1.11. The molecule has 4 nitrogen and oxygen atoms in total. The molecular weight excluding hydrogens is 132 g/mol. The molecule has 1 saturated carbocycles. The Hall–Kier alpha value is -1.06. The van der Waals surface area contributed by atoms with Crippen LogP contribution in [0.1, 0.15) is 25.1 Å². The van der Waals surface area contributed by atoms with Crippen LogP contribution in [0.2, 0.25) is 0 Å². The van der Waals surface area contributed by atoms with Crippen molar-refractivity contribution in [2.75, 3.05) is 0 Å². The second kappa shape index (κ2) is 1.71. The van der Waals surface area contributed by atoms with Crippen molar-refractivity contribution in [1.82, 2.24) is 10.1 Å². The summed E-state index contributed by atoms with van der Waals surface area (Å²) in [5, 5.41) is 3.59. The maximum atomic E-state index is 10.4. The van der Waals surface area contributed by atoms with Crippen molar-refractivity contribution in [1.29, 1.82) is 0 Å². The molecule has 0 spiro atoms. The minimum atomic E-state index is -0.450. The highest BCUT2D eigenvalue weighted by atomic mass is 16.5. The molecule has 1 unspecified atom stereocenters. The summed E-state index contributed by atoms with van der Waals surface area (Å²) in [5.74, 6) is 1.35. The summed E-state index contributed by atoms with van der Waals surface area (Å²) in [7, 11) is 0. The van der Waals surface area contributed by atoms with Crippen molar-refractivity contribution in [2.45, 2.75) is 19.3 Å². The quantitative estimate of drug-likeness (QED) is 0.617. The normalized spacial score (nSPS) is 30.5. The van der Waals surface area contributed by atoms with E-state index in [9.17, 15) is 4.79 Å². The third-order valence-corrected chi connectivity index (χ3v) is 1.92. The zero-order valence-corrected chi connectivity index (χ0v) is 5.63. The molecule has 10 heavy (non-hydrogen) atoms. The van der Waals surface area contributed by atoms with E-state index in [-0.39, 0.29) is 0 Å². The van der Waals surface area contributed by atoms with Crippen LogP contribution in [0.3, 0.4) is 0 Å². The fourth-order valence-corrected chi connectivity index (χ4v) is 1.10. The summed E-state index contributed by atoms with van der Waals surface area (Å²) < 4.78 is 4.35. The van der Waals surface area contributed by atoms with Gasteiger partial charge in [0, 0.05) is 5.92 Å². The second-order valence-electron chi connectivity index (χ2n) is 2.80. The Labute approximate surface area is 57.2 Å². The van der Waals surface area contributed by atoms with Gasteiger partial charge in [0.25, 0.3) is 0 Å². The average Bonchev–Trinajstić information content (AvgIpc) is 2.42. The molecule has 0 aromatic carbocycles. The summed E-state index contributed by atoms with van der Waals surface area (Å²) in [5.41, 5.74) is 0. The predicted molar refractivity (Wildman–Crippen MR) is 33.6 cm³/mol. The number of hydrogen-bond acceptors (Lipinski definition) is 3. The Bertz CT molecular complexity index is 288. The number of rotatable bonds is 1. The molecule has 54 valence electrons. The van der Waals surface area contributed by atoms with Crippen molar-refractivity contribution in [3.8, 4) is 0 Å². The van der Waals surface area contributed by atoms with E-state index in [1.54, 1.807) is 0 Å². The lowest BCUT2D eigenvalue weighted by Gasteiger charge is -1.82. The second-order valence-corrected chi connectivity index (χ2v) is 2.80. The van der Waals surface area contributed by atoms with Gasteiger partial charge in [0.05, 0.1) is 0 Å². The Morgan fingerprint density at radius 1 is 1.80 bits per heavy atom. The lowest BCUT2D eigenvalue weighted by Crippen LogP contribution is -1.96. The number of H-pyrrole nitrogens is 1. The Morgan fingerprint density at radius 3 is 2.90 bits per heavy atom. The Kier molecular flexibility index (Phi) is 0.977. The van der Waals surface area contributed by atoms with Crippen LogP contribution in [-0.2, 0) is 0 Å². The van der Waals surface area contributed by atoms with Crippen LogP contribution < -0.4 is 5.76 Å². The summed E-state index contributed by atoms with van der Waals surface area (Å²) in [6.45, 7) is 2.12. The molecule has 0 radical (unpaired) electrons. The van der Waals surface area contributed by atoms with Crippen LogP contribution in [-0.4, -0.2) is 10.1 Å². The molecule has 1 aromatic rings. The van der Waals surface area contributed by atoms with E-state index < -0.39 is 5.76 Å². The maximum absolute atomic E-state index is 10.4. The number of aromatic nitrogens is 2. The molecule has 1 fully saturated rings. The van der Waals surface area contributed by atoms with Gasteiger partial charge in [-0.2, -0.15) is 0 Å². The molecule has 4 heteroatoms. The number of aromatic amines is 1. The summed E-state index contributed by atoms with van der Waals surface area (Å²) in [4.78, 5) is 13.0. The van der Waals surface area contributed by atoms with Gasteiger partial charge in [-0.15, -0.1) is 0 Å². The minimum absolute atomic E-state index is 0.437. The highest BCUT2D eigenvalue weighted by molar-refractivity contribution is 5.05. The number of nitrogens with one attached hydrogen (secondary N) is 1. The first-order valence-electron chi connectivity index (χ1n) is 3.33. The molecule has 2 atom stereocenters. The molecule has 1 heterocycles. The molecule has 1 aliphatic rings. The van der Waals surface area contributed by atoms with E-state index in [0.717, 1.165) is 6.42 Å². The van der Waals surface area contributed by atoms with Gasteiger partial charge in [-0.1, -0.05) is 12.1 Å². The van der Waals surface area contributed by atoms with Crippen molar-refractivity contribution < 1.29 is 4.52 Å². The fraction of sp³-hybridized carbons (Fsp3) is 0.667. The van der Waals surface area contributed by atoms with Crippen LogP contribution in [0, 0.1) is 5.92 Å². The van der Waals surface area contributed by atoms with Crippen molar-refractivity contribution in [3.05, 3.63) is 16.4 Å². The zero-order chi connectivity index (χ0) is 7.14. The highest BCUT2D eigenvalue weighted by Crippen LogP contribution is 2.44. The maximum Gasteiger partial charge on any atom is 0.438 e. The molecule has 1 aromatic heterocycles. The lowest BCUT2D eigenvalue weighted by molar-refractivity contribution is 0.381. The molecule has 0 amide bonds. The van der Waals surface area contributed by atoms with Crippen LogP contribution in [0.5, 0.6) is 0 Å². The minimum Gasteiger partial charge on any atom is -0.296 e. The SMILES string of the molecule is CC1C[C@H]1c1noc(=O)[nH]1. The van der Waals surface area contributed by atoms with Gasteiger partial charge in [-0.05, 0) is 12.3 Å². The topological polar surface area (TPSA) is 58.9 Å². The third kappa shape index (κ3) is 0.761. The molecule has 0 bridgehead atoms. The van der Waals surface area contributed by atoms with Crippen LogP contribution in [0.25, 0.3) is 0 Å². The first-order chi connectivity index (χ1) is 4.77. The summed E-state index contributed by atoms with van der Waals surface area (Å²) in [6, 6.07) is 0. The van der Waals surface area contributed by atoms with Crippen LogP contribution >= 0.6 is 0 Å². The van der Waals surface area contributed by atoms with E-state index in [1.807, 2.05) is 0 Å². The fourth-order valence-electron chi connectivity index (χ4n) is 1.10. The molecule has 0 saturated heterocycles. The van der Waals surface area contributed by atoms with Gasteiger partial charge >= 0.3 is 5.76 Å². The smallest absolute Gasteiger partial charge is 0.296 e. The predicted octanol–water partition coefficient (Wildman–Crippen LogP) is 0.486. The van der Waals surface area contributed by atoms with Gasteiger partial charge in [-0.3, -0.25) is 9.51 Å². The van der Waals surface area contributed by atoms with Crippen molar-refractivity contribution >= 4 is 0 Å². The monoisotopic (exact) mass is 140 g/mol. The van der Waals surface area contributed by atoms with Crippen LogP contribution in [0.4, 0.5) is 0 Å². The van der Waals surface area contributed by atoms with E-state index in [4.69, 9.17) is 0 Å². The van der Waals surface area contributed by atoms with E-state index in [2.05, 4.69) is 21.6 Å². The molecule has 1 aliphatic carbocycles. The van der Waals surface area contributed by atoms with Crippen LogP contribution in [0.15, 0.2) is 9.32 Å². The Balaban J connectivity index is 2.27. The van der Waals surface area contributed by atoms with Gasteiger partial charge < -0.3 is 0 Å². The molecule has 1 N–H and O–H groups in total. The number of nitrogens with zero attached hydrogens (tertiary/aromatic N) is 1. The largest absolute Gasteiger partial charge is 0.438 e. The zero-order valence-electron chi connectivity index (χ0n) is 5.63. The van der Waals surface area contributed by atoms with E-state index >= 15 is 0 Å². The van der Waals surface area contributed by atoms with Gasteiger partial charge in [0.15, 0.2) is 5.82 Å².